The van der Waals surface area contributed by atoms with Crippen molar-refractivity contribution in [3.8, 4) is 44.5 Å². The van der Waals surface area contributed by atoms with Crippen molar-refractivity contribution in [3.05, 3.63) is 182 Å². The van der Waals surface area contributed by atoms with Gasteiger partial charge in [0.05, 0.1) is 11.0 Å². The first-order valence-corrected chi connectivity index (χ1v) is 18.9. The Hall–Kier alpha value is -7.56. The van der Waals surface area contributed by atoms with Crippen LogP contribution in [-0.4, -0.2) is 9.97 Å². The number of rotatable bonds is 4. The summed E-state index contributed by atoms with van der Waals surface area (Å²) in [5.41, 5.74) is 14.6. The summed E-state index contributed by atoms with van der Waals surface area (Å²) >= 11 is 0. The number of furan rings is 2. The zero-order valence-electron chi connectivity index (χ0n) is 30.0. The van der Waals surface area contributed by atoms with Gasteiger partial charge in [0.25, 0.3) is 0 Å². The highest BCUT2D eigenvalue weighted by atomic mass is 16.3. The minimum atomic E-state index is 0.900. The van der Waals surface area contributed by atoms with Gasteiger partial charge < -0.3 is 8.83 Å². The number of hydrogen-bond donors (Lipinski definition) is 0. The van der Waals surface area contributed by atoms with Crippen molar-refractivity contribution < 1.29 is 8.83 Å². The van der Waals surface area contributed by atoms with Gasteiger partial charge in [0.1, 0.15) is 22.3 Å². The van der Waals surface area contributed by atoms with Gasteiger partial charge in [-0.1, -0.05) is 109 Å². The monoisotopic (exact) mass is 714 g/mol. The first-order valence-electron chi connectivity index (χ1n) is 18.9. The second-order valence-electron chi connectivity index (χ2n) is 14.6. The van der Waals surface area contributed by atoms with E-state index < -0.39 is 0 Å². The van der Waals surface area contributed by atoms with Crippen LogP contribution in [0.2, 0.25) is 0 Å². The lowest BCUT2D eigenvalue weighted by atomic mass is 9.92. The molecular weight excluding hydrogens is 685 g/mol. The fourth-order valence-corrected chi connectivity index (χ4v) is 8.61. The van der Waals surface area contributed by atoms with Crippen molar-refractivity contribution in [1.82, 2.24) is 9.97 Å². The molecule has 4 nitrogen and oxygen atoms in total. The fraction of sp³-hybridized carbons (Fsp3) is 0. The Bertz CT molecular complexity index is 3300. The third-order valence-corrected chi connectivity index (χ3v) is 11.3. The van der Waals surface area contributed by atoms with Gasteiger partial charge >= 0.3 is 0 Å². The summed E-state index contributed by atoms with van der Waals surface area (Å²) in [5, 5.41) is 9.02. The summed E-state index contributed by atoms with van der Waals surface area (Å²) in [7, 11) is 0. The van der Waals surface area contributed by atoms with E-state index in [9.17, 15) is 0 Å². The minimum absolute atomic E-state index is 0.900. The van der Waals surface area contributed by atoms with Gasteiger partial charge in [-0.15, -0.1) is 0 Å². The second-order valence-corrected chi connectivity index (χ2v) is 14.6. The lowest BCUT2D eigenvalue weighted by Crippen LogP contribution is -1.90. The number of nitrogens with zero attached hydrogens (tertiary/aromatic N) is 2. The molecule has 12 rings (SSSR count). The maximum absolute atomic E-state index is 6.10. The van der Waals surface area contributed by atoms with Gasteiger partial charge in [0.2, 0.25) is 0 Å². The molecule has 0 N–H and O–H groups in total. The summed E-state index contributed by atoms with van der Waals surface area (Å²) in [5.74, 6) is 0. The summed E-state index contributed by atoms with van der Waals surface area (Å²) in [6.45, 7) is 0. The minimum Gasteiger partial charge on any atom is -0.456 e. The van der Waals surface area contributed by atoms with E-state index >= 15 is 0 Å². The first-order chi connectivity index (χ1) is 27.7. The Morgan fingerprint density at radius 1 is 0.250 bits per heavy atom. The molecule has 0 amide bonds. The van der Waals surface area contributed by atoms with Crippen LogP contribution in [0.5, 0.6) is 0 Å². The molecule has 0 saturated heterocycles. The number of aromatic nitrogens is 2. The molecular formula is C52H30N2O2. The Morgan fingerprint density at radius 2 is 0.607 bits per heavy atom. The zero-order valence-corrected chi connectivity index (χ0v) is 30.0. The number of para-hydroxylation sites is 2. The van der Waals surface area contributed by atoms with Crippen molar-refractivity contribution in [2.75, 3.05) is 0 Å². The largest absolute Gasteiger partial charge is 0.456 e. The Labute approximate surface area is 320 Å². The van der Waals surface area contributed by atoms with Crippen LogP contribution in [-0.2, 0) is 0 Å². The van der Waals surface area contributed by atoms with Crippen LogP contribution in [0.4, 0.5) is 0 Å². The van der Waals surface area contributed by atoms with Crippen LogP contribution >= 0.6 is 0 Å². The fourth-order valence-electron chi connectivity index (χ4n) is 8.61. The average Bonchev–Trinajstić information content (AvgIpc) is 3.84. The average molecular weight is 715 g/mol. The predicted molar refractivity (Wildman–Crippen MR) is 231 cm³/mol. The maximum Gasteiger partial charge on any atom is 0.135 e. The quantitative estimate of drug-likeness (QED) is 0.170. The van der Waals surface area contributed by atoms with E-state index in [1.165, 1.54) is 0 Å². The molecule has 0 aliphatic rings. The highest BCUT2D eigenvalue weighted by Crippen LogP contribution is 2.40. The molecule has 0 bridgehead atoms. The summed E-state index contributed by atoms with van der Waals surface area (Å²) in [4.78, 5) is 9.85. The third-order valence-electron chi connectivity index (χ3n) is 11.3. The van der Waals surface area contributed by atoms with Crippen LogP contribution in [0, 0.1) is 0 Å². The van der Waals surface area contributed by atoms with Gasteiger partial charge in [-0.05, 0) is 116 Å². The Morgan fingerprint density at radius 3 is 1.05 bits per heavy atom. The van der Waals surface area contributed by atoms with Crippen molar-refractivity contribution >= 4 is 76.5 Å². The smallest absolute Gasteiger partial charge is 0.135 e. The third kappa shape index (κ3) is 4.79. The lowest BCUT2D eigenvalue weighted by Gasteiger charge is -2.13. The van der Waals surface area contributed by atoms with Crippen molar-refractivity contribution in [1.29, 1.82) is 0 Å². The summed E-state index contributed by atoms with van der Waals surface area (Å²) in [6.07, 6.45) is 3.59. The summed E-state index contributed by atoms with van der Waals surface area (Å²) in [6, 6.07) is 60.4. The molecule has 12 aromatic rings. The molecule has 0 aliphatic heterocycles. The van der Waals surface area contributed by atoms with E-state index in [1.807, 2.05) is 24.3 Å². The van der Waals surface area contributed by atoms with Gasteiger partial charge in [-0.25, -0.2) is 0 Å². The molecule has 0 radical (unpaired) electrons. The van der Waals surface area contributed by atoms with Crippen molar-refractivity contribution in [3.63, 3.8) is 0 Å². The van der Waals surface area contributed by atoms with E-state index in [0.29, 0.717) is 0 Å². The molecule has 4 heteroatoms. The highest BCUT2D eigenvalue weighted by molar-refractivity contribution is 6.24. The number of hydrogen-bond acceptors (Lipinski definition) is 4. The van der Waals surface area contributed by atoms with E-state index in [2.05, 4.69) is 146 Å². The second kappa shape index (κ2) is 12.0. The van der Waals surface area contributed by atoms with E-state index in [-0.39, 0.29) is 0 Å². The normalized spacial score (nSPS) is 11.9. The maximum atomic E-state index is 6.10. The van der Waals surface area contributed by atoms with Gasteiger partial charge in [0, 0.05) is 44.7 Å². The molecule has 3 heterocycles. The van der Waals surface area contributed by atoms with E-state index in [1.54, 1.807) is 12.4 Å². The lowest BCUT2D eigenvalue weighted by molar-refractivity contribution is 0.668. The summed E-state index contributed by atoms with van der Waals surface area (Å²) < 4.78 is 12.2. The Balaban J connectivity index is 0.944. The zero-order chi connectivity index (χ0) is 36.7. The number of fused-ring (bicyclic) bond motifs is 12. The van der Waals surface area contributed by atoms with Crippen LogP contribution in [0.1, 0.15) is 0 Å². The Kier molecular flexibility index (Phi) is 6.60. The molecule has 56 heavy (non-hydrogen) atoms. The van der Waals surface area contributed by atoms with Crippen LogP contribution in [0.3, 0.4) is 0 Å². The van der Waals surface area contributed by atoms with Crippen LogP contribution in [0.25, 0.3) is 121 Å². The molecule has 0 aliphatic carbocycles. The van der Waals surface area contributed by atoms with Crippen LogP contribution in [0.15, 0.2) is 191 Å². The topological polar surface area (TPSA) is 52.1 Å². The van der Waals surface area contributed by atoms with Crippen LogP contribution < -0.4 is 0 Å². The standard InChI is InChI=1S/C52H30N2O2/c1-3-13-47-41(11-1)43-27-37(17-21-49(43)55-47)33-9-5-7-31(25-33)35-15-19-39-40-20-16-36(30-46(40)52-51(45(39)29-35)53-23-24-54-52)32-8-6-10-34(26-32)38-18-22-50-44(28-38)42-12-2-4-14-48(42)56-50/h1-30H. The van der Waals surface area contributed by atoms with Crippen molar-refractivity contribution in [2.45, 2.75) is 0 Å². The van der Waals surface area contributed by atoms with E-state index in [0.717, 1.165) is 121 Å². The molecule has 0 unspecified atom stereocenters. The molecule has 0 spiro atoms. The van der Waals surface area contributed by atoms with Gasteiger partial charge in [-0.3, -0.25) is 9.97 Å². The molecule has 9 aromatic carbocycles. The van der Waals surface area contributed by atoms with Gasteiger partial charge in [0.15, 0.2) is 0 Å². The molecule has 260 valence electrons. The number of benzene rings is 9. The molecule has 0 fully saturated rings. The first kappa shape index (κ1) is 30.9. The predicted octanol–water partition coefficient (Wildman–Crippen LogP) is 14.4. The highest BCUT2D eigenvalue weighted by Gasteiger charge is 2.15. The van der Waals surface area contributed by atoms with Crippen molar-refractivity contribution in [2.24, 2.45) is 0 Å². The van der Waals surface area contributed by atoms with Gasteiger partial charge in [-0.2, -0.15) is 0 Å². The molecule has 3 aromatic heterocycles. The SMILES string of the molecule is c1cc(-c2ccc3oc4ccccc4c3c2)cc(-c2ccc3c4ccc(-c5cccc(-c6ccc7oc8ccccc8c7c6)c5)cc4c4nccnc4c3c2)c1. The van der Waals surface area contributed by atoms with E-state index in [4.69, 9.17) is 18.8 Å². The molecule has 0 saturated carbocycles. The molecule has 0 atom stereocenters.